The molecule has 2 N–H and O–H groups in total. The van der Waals surface area contributed by atoms with Crippen LogP contribution in [0.25, 0.3) is 0 Å². The summed E-state index contributed by atoms with van der Waals surface area (Å²) < 4.78 is 11.8. The Kier molecular flexibility index (Phi) is 3.97. The number of aromatic amines is 1. The van der Waals surface area contributed by atoms with E-state index in [2.05, 4.69) is 32.4 Å². The Morgan fingerprint density at radius 3 is 2.76 bits per heavy atom. The van der Waals surface area contributed by atoms with Crippen LogP contribution in [-0.4, -0.2) is 26.8 Å². The average molecular weight is 337 g/mol. The van der Waals surface area contributed by atoms with E-state index < -0.39 is 0 Å². The summed E-state index contributed by atoms with van der Waals surface area (Å²) in [6.07, 6.45) is 0.455. The second-order valence-corrected chi connectivity index (χ2v) is 5.88. The summed E-state index contributed by atoms with van der Waals surface area (Å²) in [6.45, 7) is 4.39. The van der Waals surface area contributed by atoms with Gasteiger partial charge in [-0.05, 0) is 25.5 Å². The molecule has 3 aromatic rings. The molecule has 0 spiro atoms. The second-order valence-electron chi connectivity index (χ2n) is 5.88. The maximum atomic E-state index is 6.03. The Labute approximate surface area is 145 Å². The largest absolute Gasteiger partial charge is 0.485 e. The van der Waals surface area contributed by atoms with Gasteiger partial charge in [-0.15, -0.1) is 0 Å². The summed E-state index contributed by atoms with van der Waals surface area (Å²) in [4.78, 5) is 9.21. The topological polar surface area (TPSA) is 85.0 Å². The molecule has 1 aliphatic rings. The van der Waals surface area contributed by atoms with Crippen LogP contribution in [0.4, 0.5) is 11.6 Å². The fourth-order valence-electron chi connectivity index (χ4n) is 2.67. The van der Waals surface area contributed by atoms with Crippen molar-refractivity contribution in [1.29, 1.82) is 0 Å². The minimum Gasteiger partial charge on any atom is -0.485 e. The van der Waals surface area contributed by atoms with Crippen molar-refractivity contribution in [2.24, 2.45) is 0 Å². The Bertz CT molecular complexity index is 893. The quantitative estimate of drug-likeness (QED) is 0.759. The molecule has 0 amide bonds. The first-order valence-corrected chi connectivity index (χ1v) is 8.26. The average Bonchev–Trinajstić information content (AvgIpc) is 3.05. The van der Waals surface area contributed by atoms with E-state index in [0.29, 0.717) is 24.0 Å². The van der Waals surface area contributed by atoms with Crippen molar-refractivity contribution in [3.8, 4) is 11.5 Å². The highest BCUT2D eigenvalue weighted by Crippen LogP contribution is 2.35. The third-order valence-electron chi connectivity index (χ3n) is 3.92. The number of anilines is 2. The van der Waals surface area contributed by atoms with E-state index in [1.807, 2.05) is 43.3 Å². The molecular weight excluding hydrogens is 318 g/mol. The zero-order valence-electron chi connectivity index (χ0n) is 14.1. The van der Waals surface area contributed by atoms with Crippen molar-refractivity contribution < 1.29 is 9.47 Å². The monoisotopic (exact) mass is 337 g/mol. The highest BCUT2D eigenvalue weighted by molar-refractivity contribution is 5.52. The van der Waals surface area contributed by atoms with Crippen LogP contribution in [0.15, 0.2) is 36.4 Å². The lowest BCUT2D eigenvalue weighted by atomic mass is 10.2. The first kappa shape index (κ1) is 15.4. The number of fused-ring (bicyclic) bond motifs is 1. The van der Waals surface area contributed by atoms with Crippen LogP contribution in [0.2, 0.25) is 0 Å². The van der Waals surface area contributed by atoms with E-state index in [1.165, 1.54) is 0 Å². The normalized spacial score (nSPS) is 15.8. The number of para-hydroxylation sites is 2. The number of aryl methyl sites for hydroxylation is 2. The van der Waals surface area contributed by atoms with Gasteiger partial charge in [0.15, 0.2) is 29.2 Å². The molecule has 0 fully saturated rings. The van der Waals surface area contributed by atoms with Crippen LogP contribution >= 0.6 is 0 Å². The highest BCUT2D eigenvalue weighted by Gasteiger charge is 2.25. The summed E-state index contributed by atoms with van der Waals surface area (Å²) in [7, 11) is 0. The number of rotatable bonds is 4. The van der Waals surface area contributed by atoms with Crippen molar-refractivity contribution in [3.63, 3.8) is 0 Å². The van der Waals surface area contributed by atoms with Crippen LogP contribution in [0.5, 0.6) is 11.5 Å². The second kappa shape index (κ2) is 6.43. The molecule has 0 aliphatic carbocycles. The van der Waals surface area contributed by atoms with E-state index in [4.69, 9.17) is 9.47 Å². The summed E-state index contributed by atoms with van der Waals surface area (Å²) in [5, 5.41) is 10.3. The standard InChI is InChI=1S/C18H19N5O2/c1-3-12-9-16(20-17-8-11(2)22-23-17)21-18(19-12)15-10-24-13-6-4-5-7-14(13)25-15/h4-9,15H,3,10H2,1-2H3,(H2,19,20,21,22,23). The molecule has 2 aromatic heterocycles. The molecule has 1 aromatic carbocycles. The Morgan fingerprint density at radius 1 is 1.16 bits per heavy atom. The van der Waals surface area contributed by atoms with Crippen LogP contribution < -0.4 is 14.8 Å². The molecule has 1 aliphatic heterocycles. The molecule has 1 atom stereocenters. The fourth-order valence-corrected chi connectivity index (χ4v) is 2.67. The summed E-state index contributed by atoms with van der Waals surface area (Å²) >= 11 is 0. The van der Waals surface area contributed by atoms with Crippen LogP contribution in [0, 0.1) is 6.92 Å². The Hall–Kier alpha value is -3.09. The van der Waals surface area contributed by atoms with Gasteiger partial charge in [-0.1, -0.05) is 19.1 Å². The number of H-pyrrole nitrogens is 1. The molecule has 3 heterocycles. The van der Waals surface area contributed by atoms with Gasteiger partial charge in [0.1, 0.15) is 12.4 Å². The molecule has 0 bridgehead atoms. The zero-order chi connectivity index (χ0) is 17.2. The van der Waals surface area contributed by atoms with E-state index in [0.717, 1.165) is 29.4 Å². The van der Waals surface area contributed by atoms with Crippen LogP contribution in [0.3, 0.4) is 0 Å². The van der Waals surface area contributed by atoms with E-state index in [1.54, 1.807) is 0 Å². The molecule has 25 heavy (non-hydrogen) atoms. The van der Waals surface area contributed by atoms with Gasteiger partial charge >= 0.3 is 0 Å². The number of hydrogen-bond donors (Lipinski definition) is 2. The highest BCUT2D eigenvalue weighted by atomic mass is 16.6. The number of nitrogens with zero attached hydrogens (tertiary/aromatic N) is 3. The lowest BCUT2D eigenvalue weighted by Gasteiger charge is -2.25. The summed E-state index contributed by atoms with van der Waals surface area (Å²) in [6, 6.07) is 11.5. The van der Waals surface area contributed by atoms with Gasteiger partial charge in [-0.2, -0.15) is 5.10 Å². The minimum atomic E-state index is -0.345. The van der Waals surface area contributed by atoms with Gasteiger partial charge in [-0.25, -0.2) is 9.97 Å². The Morgan fingerprint density at radius 2 is 2.00 bits per heavy atom. The van der Waals surface area contributed by atoms with Crippen molar-refractivity contribution in [3.05, 3.63) is 53.6 Å². The first-order valence-electron chi connectivity index (χ1n) is 8.26. The molecule has 128 valence electrons. The number of hydrogen-bond acceptors (Lipinski definition) is 6. The molecule has 7 nitrogen and oxygen atoms in total. The van der Waals surface area contributed by atoms with E-state index in [-0.39, 0.29) is 6.10 Å². The lowest BCUT2D eigenvalue weighted by Crippen LogP contribution is -2.24. The number of ether oxygens (including phenoxy) is 2. The zero-order valence-corrected chi connectivity index (χ0v) is 14.1. The molecular formula is C18H19N5O2. The van der Waals surface area contributed by atoms with Gasteiger partial charge < -0.3 is 14.8 Å². The smallest absolute Gasteiger partial charge is 0.192 e. The maximum Gasteiger partial charge on any atom is 0.192 e. The minimum absolute atomic E-state index is 0.345. The van der Waals surface area contributed by atoms with Gasteiger partial charge in [-0.3, -0.25) is 5.10 Å². The van der Waals surface area contributed by atoms with Gasteiger partial charge in [0.05, 0.1) is 0 Å². The molecule has 0 radical (unpaired) electrons. The van der Waals surface area contributed by atoms with Gasteiger partial charge in [0.25, 0.3) is 0 Å². The third kappa shape index (κ3) is 3.26. The van der Waals surface area contributed by atoms with Crippen LogP contribution in [-0.2, 0) is 6.42 Å². The van der Waals surface area contributed by atoms with E-state index in [9.17, 15) is 0 Å². The van der Waals surface area contributed by atoms with Crippen molar-refractivity contribution in [1.82, 2.24) is 20.2 Å². The molecule has 4 rings (SSSR count). The maximum absolute atomic E-state index is 6.03. The van der Waals surface area contributed by atoms with Gasteiger partial charge in [0, 0.05) is 23.5 Å². The molecule has 7 heteroatoms. The predicted octanol–water partition coefficient (Wildman–Crippen LogP) is 3.33. The number of nitrogens with one attached hydrogen (secondary N) is 2. The van der Waals surface area contributed by atoms with Crippen molar-refractivity contribution in [2.75, 3.05) is 11.9 Å². The predicted molar refractivity (Wildman–Crippen MR) is 93.3 cm³/mol. The molecule has 0 saturated carbocycles. The molecule has 0 saturated heterocycles. The summed E-state index contributed by atoms with van der Waals surface area (Å²) in [5.41, 5.74) is 1.91. The van der Waals surface area contributed by atoms with E-state index >= 15 is 0 Å². The SMILES string of the molecule is CCc1cc(Nc2cc(C)[nH]n2)nc(C2COc3ccccc3O2)n1. The van der Waals surface area contributed by atoms with Crippen molar-refractivity contribution >= 4 is 11.6 Å². The first-order chi connectivity index (χ1) is 12.2. The van der Waals surface area contributed by atoms with Crippen LogP contribution in [0.1, 0.15) is 30.2 Å². The summed E-state index contributed by atoms with van der Waals surface area (Å²) in [5.74, 6) is 3.47. The third-order valence-corrected chi connectivity index (χ3v) is 3.92. The van der Waals surface area contributed by atoms with Gasteiger partial charge in [0.2, 0.25) is 0 Å². The lowest BCUT2D eigenvalue weighted by molar-refractivity contribution is 0.0850. The molecule has 1 unspecified atom stereocenters. The fraction of sp³-hybridized carbons (Fsp3) is 0.278. The Balaban J connectivity index is 1.62. The number of aromatic nitrogens is 4. The van der Waals surface area contributed by atoms with Crippen molar-refractivity contribution in [2.45, 2.75) is 26.4 Å². The number of benzene rings is 1.